The number of aliphatic carboxylic acids is 4. The third-order valence-electron chi connectivity index (χ3n) is 10.6. The lowest BCUT2D eigenvalue weighted by Gasteiger charge is -2.26. The Labute approximate surface area is 404 Å². The highest BCUT2D eigenvalue weighted by atomic mass is 16.4. The number of rotatable bonds is 21. The zero-order valence-electron chi connectivity index (χ0n) is 38.4. The molecule has 30 nitrogen and oxygen atoms in total. The minimum atomic E-state index is -2.05. The van der Waals surface area contributed by atoms with Gasteiger partial charge < -0.3 is 84.6 Å². The first-order chi connectivity index (χ1) is 33.7. The van der Waals surface area contributed by atoms with Crippen molar-refractivity contribution in [3.63, 3.8) is 0 Å². The van der Waals surface area contributed by atoms with Gasteiger partial charge in [0, 0.05) is 12.4 Å². The van der Waals surface area contributed by atoms with Crippen molar-refractivity contribution in [1.29, 1.82) is 0 Å². The third-order valence-corrected chi connectivity index (χ3v) is 10.6. The summed E-state index contributed by atoms with van der Waals surface area (Å²) in [6.45, 7) is -1.92. The molecule has 0 saturated heterocycles. The number of aliphatic hydroxyl groups excluding tert-OH is 2. The van der Waals surface area contributed by atoms with E-state index in [-0.39, 0.29) is 38.6 Å². The molecule has 0 spiro atoms. The molecule has 71 heavy (non-hydrogen) atoms. The number of carboxylic acid groups (broad SMARTS) is 4. The van der Waals surface area contributed by atoms with Crippen LogP contribution in [-0.4, -0.2) is 186 Å². The first kappa shape index (κ1) is 59.7. The van der Waals surface area contributed by atoms with Crippen LogP contribution >= 0.6 is 0 Å². The quantitative estimate of drug-likeness (QED) is 0.0510. The molecule has 0 aliphatic carbocycles. The highest BCUT2D eigenvalue weighted by Crippen LogP contribution is 2.13. The summed E-state index contributed by atoms with van der Waals surface area (Å²) in [5.74, 6) is -16.7. The molecule has 0 fully saturated rings. The number of carbonyl (C=O) groups excluding carboxylic acids is 8. The van der Waals surface area contributed by atoms with Gasteiger partial charge in [0.25, 0.3) is 11.8 Å². The second-order valence-electron chi connectivity index (χ2n) is 16.1. The van der Waals surface area contributed by atoms with Crippen LogP contribution in [0.5, 0.6) is 0 Å². The van der Waals surface area contributed by atoms with E-state index in [1.54, 1.807) is 0 Å². The van der Waals surface area contributed by atoms with Crippen molar-refractivity contribution in [2.24, 2.45) is 11.5 Å². The fourth-order valence-electron chi connectivity index (χ4n) is 6.83. The lowest BCUT2D eigenvalue weighted by Crippen LogP contribution is -2.59. The Morgan fingerprint density at radius 3 is 1.23 bits per heavy atom. The van der Waals surface area contributed by atoms with Crippen molar-refractivity contribution < 1.29 is 88.2 Å². The molecular weight excluding hydrogens is 949 g/mol. The lowest BCUT2D eigenvalue weighted by molar-refractivity contribution is -0.143. The van der Waals surface area contributed by atoms with Crippen molar-refractivity contribution >= 4 is 71.1 Å². The minimum Gasteiger partial charge on any atom is -0.481 e. The Bertz CT molecular complexity index is 2080. The van der Waals surface area contributed by atoms with Crippen molar-refractivity contribution in [1.82, 2.24) is 52.5 Å². The summed E-state index contributed by atoms with van der Waals surface area (Å²) < 4.78 is 0. The molecule has 30 heteroatoms. The fourth-order valence-corrected chi connectivity index (χ4v) is 6.83. The van der Waals surface area contributed by atoms with Gasteiger partial charge in [-0.25, -0.2) is 19.6 Å². The summed E-state index contributed by atoms with van der Waals surface area (Å²) in [5, 5.41) is 76.6. The second-order valence-corrected chi connectivity index (χ2v) is 16.1. The number of fused-ring (bicyclic) bond motifs is 1. The minimum absolute atomic E-state index is 0.0849. The topological polar surface area (TPSA) is 500 Å². The number of amides is 8. The standard InChI is InChI=1S/C41H62N12O18/c42-12-6-1-2-10-22(40(68)69)48-32(60)20-8-3-4-9-21(33(61)49-23(41(70)71)11-5-7-13-43)47-35(63)25(17-29(58)59)51-37(65)27(19-55)53-39(67)31-30(44-14-15-45-31)38(66)52-26(18-54)36(64)50-24(16-28(56)57)34(62)46-20/h14-15,20-27,54-55H,1-13,16-19,42-43H2,(H,46,62)(H,47,63)(H,48,60)(H,49,61)(H,50,64)(H,51,65)(H,52,66)(H,53,67)(H,56,57)(H,58,59)(H,68,69)(H,70,71)/t20-,21-,22-,23-,24+,25+,26+,27-/m0/s1. The maximum atomic E-state index is 13.8. The van der Waals surface area contributed by atoms with E-state index in [1.165, 1.54) is 0 Å². The molecule has 1 aromatic heterocycles. The number of aromatic nitrogens is 2. The van der Waals surface area contributed by atoms with E-state index < -0.39 is 170 Å². The van der Waals surface area contributed by atoms with Crippen LogP contribution in [0.25, 0.3) is 0 Å². The fraction of sp³-hybridized carbons (Fsp3) is 0.610. The molecule has 2 rings (SSSR count). The number of carboxylic acids is 4. The summed E-state index contributed by atoms with van der Waals surface area (Å²) in [6, 6.07) is -14.6. The number of nitrogens with zero attached hydrogens (tertiary/aromatic N) is 2. The van der Waals surface area contributed by atoms with E-state index in [2.05, 4.69) is 41.9 Å². The lowest BCUT2D eigenvalue weighted by atomic mass is 10.0. The van der Waals surface area contributed by atoms with Gasteiger partial charge in [0.1, 0.15) is 48.3 Å². The molecule has 18 N–H and O–H groups in total. The van der Waals surface area contributed by atoms with Gasteiger partial charge in [-0.15, -0.1) is 0 Å². The number of unbranched alkanes of at least 4 members (excludes halogenated alkanes) is 3. The predicted octanol–water partition coefficient (Wildman–Crippen LogP) is -6.09. The number of nitrogens with two attached hydrogens (primary N) is 2. The Kier molecular flexibility index (Phi) is 26.0. The molecule has 1 aliphatic heterocycles. The second kappa shape index (κ2) is 30.9. The van der Waals surface area contributed by atoms with Crippen LogP contribution in [0.4, 0.5) is 0 Å². The molecule has 8 atom stereocenters. The van der Waals surface area contributed by atoms with E-state index in [4.69, 9.17) is 11.5 Å². The van der Waals surface area contributed by atoms with Gasteiger partial charge in [0.05, 0.1) is 26.1 Å². The molecular formula is C41H62N12O18. The summed E-state index contributed by atoms with van der Waals surface area (Å²) in [4.78, 5) is 165. The number of hydrogen-bond acceptors (Lipinski definition) is 18. The maximum Gasteiger partial charge on any atom is 0.326 e. The van der Waals surface area contributed by atoms with Gasteiger partial charge in [-0.05, 0) is 58.0 Å². The average Bonchev–Trinajstić information content (AvgIpc) is 3.31. The molecule has 0 aromatic carbocycles. The SMILES string of the molecule is NCCCCC[C@H](NC(=O)[C@@H]1CCCC[C@@H](C(=O)N[C@@H](CCCCN)C(=O)O)NC(=O)[C@@H](CC(=O)O)NC(=O)[C@H](CO)NC(=O)c2nccnc2C(=O)N[C@H](CO)C(=O)N[C@H](CC(=O)O)C(=O)N1)C(=O)O. The van der Waals surface area contributed by atoms with Crippen LogP contribution in [-0.2, 0) is 47.9 Å². The molecule has 0 radical (unpaired) electrons. The van der Waals surface area contributed by atoms with Gasteiger partial charge >= 0.3 is 23.9 Å². The zero-order valence-corrected chi connectivity index (χ0v) is 38.4. The van der Waals surface area contributed by atoms with Crippen molar-refractivity contribution in [3.8, 4) is 0 Å². The van der Waals surface area contributed by atoms with Crippen molar-refractivity contribution in [2.75, 3.05) is 26.3 Å². The van der Waals surface area contributed by atoms with Crippen LogP contribution in [0.1, 0.15) is 104 Å². The number of nitrogens with one attached hydrogen (secondary N) is 8. The van der Waals surface area contributed by atoms with E-state index in [0.717, 1.165) is 12.4 Å². The molecule has 394 valence electrons. The smallest absolute Gasteiger partial charge is 0.326 e. The van der Waals surface area contributed by atoms with Gasteiger partial charge in [-0.2, -0.15) is 0 Å². The maximum absolute atomic E-state index is 13.8. The Balaban J connectivity index is 2.75. The first-order valence-electron chi connectivity index (χ1n) is 22.4. The van der Waals surface area contributed by atoms with Crippen LogP contribution in [0.3, 0.4) is 0 Å². The van der Waals surface area contributed by atoms with E-state index in [9.17, 15) is 88.2 Å². The summed E-state index contributed by atoms with van der Waals surface area (Å²) >= 11 is 0. The monoisotopic (exact) mass is 1010 g/mol. The highest BCUT2D eigenvalue weighted by molar-refractivity contribution is 6.07. The molecule has 8 amide bonds. The summed E-state index contributed by atoms with van der Waals surface area (Å²) in [6.07, 6.45) is 0.0778. The third kappa shape index (κ3) is 20.6. The van der Waals surface area contributed by atoms with E-state index >= 15 is 0 Å². The Morgan fingerprint density at radius 2 is 0.887 bits per heavy atom. The normalized spacial score (nSPS) is 21.9. The molecule has 0 bridgehead atoms. The van der Waals surface area contributed by atoms with Gasteiger partial charge in [-0.1, -0.05) is 25.7 Å². The summed E-state index contributed by atoms with van der Waals surface area (Å²) in [5.41, 5.74) is 9.33. The predicted molar refractivity (Wildman–Crippen MR) is 239 cm³/mol. The number of hydrogen-bond donors (Lipinski definition) is 16. The van der Waals surface area contributed by atoms with E-state index in [0.29, 0.717) is 32.2 Å². The first-order valence-corrected chi connectivity index (χ1v) is 22.4. The van der Waals surface area contributed by atoms with Crippen LogP contribution in [0.15, 0.2) is 12.4 Å². The summed E-state index contributed by atoms with van der Waals surface area (Å²) in [7, 11) is 0. The van der Waals surface area contributed by atoms with Gasteiger partial charge in [0.15, 0.2) is 11.4 Å². The Hall–Kier alpha value is -7.44. The van der Waals surface area contributed by atoms with E-state index in [1.807, 2.05) is 10.6 Å². The van der Waals surface area contributed by atoms with Crippen LogP contribution in [0.2, 0.25) is 0 Å². The largest absolute Gasteiger partial charge is 0.481 e. The molecule has 1 aromatic rings. The Morgan fingerprint density at radius 1 is 0.535 bits per heavy atom. The van der Waals surface area contributed by atoms with Crippen molar-refractivity contribution in [3.05, 3.63) is 23.8 Å². The van der Waals surface area contributed by atoms with Crippen molar-refractivity contribution in [2.45, 2.75) is 132 Å². The van der Waals surface area contributed by atoms with Gasteiger partial charge in [0.2, 0.25) is 35.4 Å². The van der Waals surface area contributed by atoms with Crippen LogP contribution < -0.4 is 54.0 Å². The number of aliphatic hydroxyl groups is 2. The molecule has 1 aliphatic rings. The van der Waals surface area contributed by atoms with Crippen LogP contribution in [0, 0.1) is 0 Å². The average molecular weight is 1010 g/mol. The zero-order chi connectivity index (χ0) is 53.2. The number of carbonyl (C=O) groups is 12. The molecule has 2 heterocycles. The molecule has 0 saturated carbocycles. The van der Waals surface area contributed by atoms with Gasteiger partial charge in [-0.3, -0.25) is 47.9 Å². The highest BCUT2D eigenvalue weighted by Gasteiger charge is 2.36. The molecule has 0 unspecified atom stereocenters.